The zero-order valence-electron chi connectivity index (χ0n) is 23.5. The minimum atomic E-state index is -4.44. The van der Waals surface area contributed by atoms with Crippen LogP contribution in [0.5, 0.6) is 11.5 Å². The van der Waals surface area contributed by atoms with Gasteiger partial charge in [-0.1, -0.05) is 25.0 Å². The number of anilines is 1. The summed E-state index contributed by atoms with van der Waals surface area (Å²) in [5.41, 5.74) is 0.812. The number of carbonyl (C=O) groups excluding carboxylic acids is 1. The van der Waals surface area contributed by atoms with E-state index in [-0.39, 0.29) is 33.6 Å². The van der Waals surface area contributed by atoms with Crippen molar-refractivity contribution >= 4 is 38.2 Å². The Balaban J connectivity index is 1.15. The van der Waals surface area contributed by atoms with E-state index in [0.29, 0.717) is 11.8 Å². The van der Waals surface area contributed by atoms with Gasteiger partial charge in [0.15, 0.2) is 0 Å². The number of aromatic nitrogens is 1. The SMILES string of the molecule is O=C(NS(=O)(=O)c1ccc(NC2CCN(C3CCCC3)CC2)c([N+](=O)[O-])c1)c1ccccc1Oc1ccc2[nH]ccc2c1. The first kappa shape index (κ1) is 28.7. The molecule has 12 heteroatoms. The van der Waals surface area contributed by atoms with Crippen molar-refractivity contribution in [2.45, 2.75) is 55.5 Å². The van der Waals surface area contributed by atoms with E-state index in [1.54, 1.807) is 36.5 Å². The van der Waals surface area contributed by atoms with Crippen molar-refractivity contribution in [2.24, 2.45) is 0 Å². The molecule has 1 amide bonds. The number of likely N-dealkylation sites (tertiary alicyclic amines) is 1. The molecule has 3 N–H and O–H groups in total. The van der Waals surface area contributed by atoms with Crippen LogP contribution in [0.25, 0.3) is 10.9 Å². The van der Waals surface area contributed by atoms with Gasteiger partial charge in [-0.2, -0.15) is 0 Å². The summed E-state index contributed by atoms with van der Waals surface area (Å²) in [4.78, 5) is 29.7. The molecule has 43 heavy (non-hydrogen) atoms. The fourth-order valence-corrected chi connectivity index (χ4v) is 7.04. The lowest BCUT2D eigenvalue weighted by atomic mass is 10.0. The Kier molecular flexibility index (Phi) is 8.04. The Labute approximate surface area is 249 Å². The van der Waals surface area contributed by atoms with Crippen LogP contribution < -0.4 is 14.8 Å². The maximum absolute atomic E-state index is 13.2. The van der Waals surface area contributed by atoms with Crippen molar-refractivity contribution in [2.75, 3.05) is 18.4 Å². The van der Waals surface area contributed by atoms with Gasteiger partial charge in [-0.05, 0) is 74.2 Å². The first-order valence-electron chi connectivity index (χ1n) is 14.5. The van der Waals surface area contributed by atoms with Crippen LogP contribution >= 0.6 is 0 Å². The molecule has 1 aromatic heterocycles. The third-order valence-corrected chi connectivity index (χ3v) is 9.65. The van der Waals surface area contributed by atoms with Crippen LogP contribution in [0.1, 0.15) is 48.9 Å². The highest BCUT2D eigenvalue weighted by Crippen LogP contribution is 2.32. The van der Waals surface area contributed by atoms with E-state index in [1.807, 2.05) is 16.9 Å². The highest BCUT2D eigenvalue weighted by molar-refractivity contribution is 7.90. The lowest BCUT2D eigenvalue weighted by Crippen LogP contribution is -2.43. The fourth-order valence-electron chi connectivity index (χ4n) is 6.05. The molecule has 2 heterocycles. The Morgan fingerprint density at radius 3 is 2.51 bits per heavy atom. The standard InChI is InChI=1S/C31H33N5O6S/c37-31(26-7-3-4-8-30(26)42-24-9-11-27-21(19-24)13-16-32-27)34-43(40,41)25-10-12-28(29(20-25)36(38)39)33-22-14-17-35(18-15-22)23-5-1-2-6-23/h3-4,7-13,16,19-20,22-23,32-33H,1-2,5-6,14-15,17-18H2,(H,34,37). The quantitative estimate of drug-likeness (QED) is 0.161. The fraction of sp³-hybridized carbons (Fsp3) is 0.323. The third kappa shape index (κ3) is 6.35. The summed E-state index contributed by atoms with van der Waals surface area (Å²) in [5, 5.41) is 16.1. The topological polar surface area (TPSA) is 147 Å². The summed E-state index contributed by atoms with van der Waals surface area (Å²) in [5.74, 6) is -0.287. The number of para-hydroxylation sites is 1. The number of sulfonamides is 1. The van der Waals surface area contributed by atoms with Crippen molar-refractivity contribution in [3.8, 4) is 11.5 Å². The van der Waals surface area contributed by atoms with Gasteiger partial charge in [0, 0.05) is 48.3 Å². The molecule has 224 valence electrons. The van der Waals surface area contributed by atoms with Gasteiger partial charge >= 0.3 is 0 Å². The molecule has 2 aliphatic rings. The van der Waals surface area contributed by atoms with E-state index in [0.717, 1.165) is 42.9 Å². The number of hydrogen-bond donors (Lipinski definition) is 3. The number of rotatable bonds is 9. The number of nitrogens with zero attached hydrogens (tertiary/aromatic N) is 2. The molecule has 2 fully saturated rings. The van der Waals surface area contributed by atoms with Crippen LogP contribution in [0.3, 0.4) is 0 Å². The number of piperidine rings is 1. The van der Waals surface area contributed by atoms with Crippen molar-refractivity contribution in [3.05, 3.63) is 88.6 Å². The van der Waals surface area contributed by atoms with Gasteiger partial charge in [-0.15, -0.1) is 0 Å². The molecule has 1 saturated carbocycles. The van der Waals surface area contributed by atoms with Gasteiger partial charge in [0.1, 0.15) is 17.2 Å². The van der Waals surface area contributed by atoms with E-state index >= 15 is 0 Å². The minimum absolute atomic E-state index is 0.00280. The molecule has 3 aromatic carbocycles. The van der Waals surface area contributed by atoms with Gasteiger partial charge in [0.2, 0.25) is 0 Å². The summed E-state index contributed by atoms with van der Waals surface area (Å²) < 4.78 is 34.4. The molecule has 6 rings (SSSR count). The number of benzene rings is 3. The number of nitrogens with one attached hydrogen (secondary N) is 3. The Morgan fingerprint density at radius 2 is 1.74 bits per heavy atom. The first-order chi connectivity index (χ1) is 20.8. The number of aromatic amines is 1. The third-order valence-electron chi connectivity index (χ3n) is 8.32. The summed E-state index contributed by atoms with van der Waals surface area (Å²) in [7, 11) is -4.44. The van der Waals surface area contributed by atoms with Crippen LogP contribution in [0.4, 0.5) is 11.4 Å². The summed E-state index contributed by atoms with van der Waals surface area (Å²) in [6.45, 7) is 1.86. The average Bonchev–Trinajstić information content (AvgIpc) is 3.70. The summed E-state index contributed by atoms with van der Waals surface area (Å²) in [6, 6.07) is 17.9. The number of carbonyl (C=O) groups is 1. The second-order valence-corrected chi connectivity index (χ2v) is 12.8. The average molecular weight is 604 g/mol. The van der Waals surface area contributed by atoms with Gasteiger partial charge in [-0.3, -0.25) is 14.9 Å². The van der Waals surface area contributed by atoms with E-state index in [1.165, 1.54) is 43.9 Å². The number of hydrogen-bond acceptors (Lipinski definition) is 8. The van der Waals surface area contributed by atoms with E-state index in [4.69, 9.17) is 4.74 Å². The second-order valence-electron chi connectivity index (χ2n) is 11.1. The molecule has 0 atom stereocenters. The second kappa shape index (κ2) is 12.1. The van der Waals surface area contributed by atoms with Crippen molar-refractivity contribution < 1.29 is 22.9 Å². The number of fused-ring (bicyclic) bond motifs is 1. The van der Waals surface area contributed by atoms with Crippen molar-refractivity contribution in [3.63, 3.8) is 0 Å². The summed E-state index contributed by atoms with van der Waals surface area (Å²) in [6.07, 6.45) is 8.52. The van der Waals surface area contributed by atoms with E-state index in [9.17, 15) is 23.3 Å². The van der Waals surface area contributed by atoms with Gasteiger partial charge in [0.25, 0.3) is 21.6 Å². The van der Waals surface area contributed by atoms with Crippen molar-refractivity contribution in [1.29, 1.82) is 0 Å². The Hall–Kier alpha value is -4.42. The molecule has 0 radical (unpaired) electrons. The zero-order chi connectivity index (χ0) is 30.0. The van der Waals surface area contributed by atoms with Crippen LogP contribution in [0, 0.1) is 10.1 Å². The molecule has 1 aliphatic carbocycles. The molecule has 1 saturated heterocycles. The molecular formula is C31H33N5O6S. The molecule has 0 unspecified atom stereocenters. The van der Waals surface area contributed by atoms with Gasteiger partial charge in [-0.25, -0.2) is 13.1 Å². The minimum Gasteiger partial charge on any atom is -0.457 e. The highest BCUT2D eigenvalue weighted by atomic mass is 32.2. The molecule has 11 nitrogen and oxygen atoms in total. The zero-order valence-corrected chi connectivity index (χ0v) is 24.3. The van der Waals surface area contributed by atoms with Crippen molar-refractivity contribution in [1.82, 2.24) is 14.6 Å². The predicted molar refractivity (Wildman–Crippen MR) is 163 cm³/mol. The number of H-pyrrole nitrogens is 1. The van der Waals surface area contributed by atoms with Crippen LogP contribution in [0.2, 0.25) is 0 Å². The van der Waals surface area contributed by atoms with Crippen LogP contribution in [-0.4, -0.2) is 54.3 Å². The molecule has 0 bridgehead atoms. The molecule has 4 aromatic rings. The molecule has 0 spiro atoms. The number of nitro groups is 1. The normalized spacial score (nSPS) is 16.7. The monoisotopic (exact) mass is 603 g/mol. The largest absolute Gasteiger partial charge is 0.457 e. The van der Waals surface area contributed by atoms with Gasteiger partial charge < -0.3 is 19.9 Å². The Morgan fingerprint density at radius 1 is 0.977 bits per heavy atom. The van der Waals surface area contributed by atoms with Crippen LogP contribution in [-0.2, 0) is 10.0 Å². The maximum Gasteiger partial charge on any atom is 0.293 e. The molecular weight excluding hydrogens is 570 g/mol. The van der Waals surface area contributed by atoms with Gasteiger partial charge in [0.05, 0.1) is 15.4 Å². The maximum atomic E-state index is 13.2. The summed E-state index contributed by atoms with van der Waals surface area (Å²) >= 11 is 0. The number of nitro benzene ring substituents is 1. The number of ether oxygens (including phenoxy) is 1. The predicted octanol–water partition coefficient (Wildman–Crippen LogP) is 5.81. The Bertz CT molecular complexity index is 1760. The molecule has 1 aliphatic heterocycles. The lowest BCUT2D eigenvalue weighted by molar-refractivity contribution is -0.384. The smallest absolute Gasteiger partial charge is 0.293 e. The highest BCUT2D eigenvalue weighted by Gasteiger charge is 2.29. The lowest BCUT2D eigenvalue weighted by Gasteiger charge is -2.36. The van der Waals surface area contributed by atoms with E-state index in [2.05, 4.69) is 15.2 Å². The van der Waals surface area contributed by atoms with E-state index < -0.39 is 20.9 Å². The van der Waals surface area contributed by atoms with Crippen LogP contribution in [0.15, 0.2) is 77.8 Å². The first-order valence-corrected chi connectivity index (χ1v) is 16.0. The number of amides is 1.